The first-order valence-corrected chi connectivity index (χ1v) is 5.79. The van der Waals surface area contributed by atoms with Crippen molar-refractivity contribution in [3.63, 3.8) is 0 Å². The Bertz CT molecular complexity index is 539. The maximum absolute atomic E-state index is 10.7. The molecule has 0 fully saturated rings. The molecule has 1 N–H and O–H groups in total. The van der Waals surface area contributed by atoms with E-state index in [-0.39, 0.29) is 0 Å². The second-order valence-corrected chi connectivity index (χ2v) is 4.02. The highest BCUT2D eigenvalue weighted by molar-refractivity contribution is 5.87. The first kappa shape index (κ1) is 12.1. The van der Waals surface area contributed by atoms with Crippen LogP contribution in [0, 0.1) is 0 Å². The van der Waals surface area contributed by atoms with Crippen molar-refractivity contribution in [3.8, 4) is 0 Å². The van der Waals surface area contributed by atoms with Crippen molar-refractivity contribution < 1.29 is 9.90 Å². The van der Waals surface area contributed by atoms with E-state index in [1.807, 2.05) is 42.5 Å². The molecule has 90 valence electrons. The zero-order valence-corrected chi connectivity index (χ0v) is 9.91. The maximum atomic E-state index is 10.7. The first-order chi connectivity index (χ1) is 8.75. The highest BCUT2D eigenvalue weighted by Gasteiger charge is 2.00. The van der Waals surface area contributed by atoms with Crippen molar-refractivity contribution in [3.05, 3.63) is 77.4 Å². The summed E-state index contributed by atoms with van der Waals surface area (Å²) in [4.78, 5) is 10.7. The van der Waals surface area contributed by atoms with Gasteiger partial charge >= 0.3 is 5.97 Å². The number of allylic oxidation sites excluding steroid dienone is 1. The third kappa shape index (κ3) is 3.32. The van der Waals surface area contributed by atoms with Gasteiger partial charge in [0.15, 0.2) is 0 Å². The summed E-state index contributed by atoms with van der Waals surface area (Å²) in [5.74, 6) is -0.888. The summed E-state index contributed by atoms with van der Waals surface area (Å²) in [5.41, 5.74) is 2.60. The van der Waals surface area contributed by atoms with E-state index in [0.717, 1.165) is 12.0 Å². The summed E-state index contributed by atoms with van der Waals surface area (Å²) in [6.07, 6.45) is 4.94. The summed E-state index contributed by atoms with van der Waals surface area (Å²) in [7, 11) is 0. The molecule has 0 aliphatic heterocycles. The van der Waals surface area contributed by atoms with Gasteiger partial charge in [0.25, 0.3) is 0 Å². The average Bonchev–Trinajstić information content (AvgIpc) is 2.40. The van der Waals surface area contributed by atoms with Crippen molar-refractivity contribution in [1.82, 2.24) is 0 Å². The summed E-state index contributed by atoms with van der Waals surface area (Å²) in [5, 5.41) is 8.79. The molecule has 0 saturated heterocycles. The second kappa shape index (κ2) is 5.82. The number of carboxylic acid groups (broad SMARTS) is 1. The lowest BCUT2D eigenvalue weighted by Gasteiger charge is -1.98. The summed E-state index contributed by atoms with van der Waals surface area (Å²) in [6, 6.07) is 17.0. The Morgan fingerprint density at radius 1 is 1.00 bits per heavy atom. The lowest BCUT2D eigenvalue weighted by Crippen LogP contribution is -1.95. The predicted octanol–water partition coefficient (Wildman–Crippen LogP) is 3.64. The Labute approximate surface area is 106 Å². The van der Waals surface area contributed by atoms with Gasteiger partial charge in [-0.3, -0.25) is 0 Å². The van der Waals surface area contributed by atoms with Gasteiger partial charge in [0.05, 0.1) is 5.56 Å². The van der Waals surface area contributed by atoms with E-state index in [1.165, 1.54) is 5.56 Å². The molecule has 2 nitrogen and oxygen atoms in total. The quantitative estimate of drug-likeness (QED) is 0.882. The molecule has 2 rings (SSSR count). The number of carboxylic acids is 1. The number of rotatable bonds is 4. The zero-order chi connectivity index (χ0) is 12.8. The fraction of sp³-hybridized carbons (Fsp3) is 0.0625. The third-order valence-electron chi connectivity index (χ3n) is 2.66. The van der Waals surface area contributed by atoms with Crippen molar-refractivity contribution in [2.75, 3.05) is 0 Å². The summed E-state index contributed by atoms with van der Waals surface area (Å²) in [6.45, 7) is 0. The molecule has 18 heavy (non-hydrogen) atoms. The smallest absolute Gasteiger partial charge is 0.335 e. The van der Waals surface area contributed by atoms with Crippen LogP contribution < -0.4 is 0 Å². The van der Waals surface area contributed by atoms with E-state index in [2.05, 4.69) is 12.2 Å². The van der Waals surface area contributed by atoms with Gasteiger partial charge in [-0.05, 0) is 29.7 Å². The van der Waals surface area contributed by atoms with Crippen LogP contribution in [0.25, 0.3) is 6.08 Å². The number of aromatic carboxylic acids is 1. The fourth-order valence-electron chi connectivity index (χ4n) is 1.68. The Morgan fingerprint density at radius 3 is 2.28 bits per heavy atom. The Balaban J connectivity index is 1.98. The highest BCUT2D eigenvalue weighted by atomic mass is 16.4. The number of hydrogen-bond acceptors (Lipinski definition) is 1. The van der Waals surface area contributed by atoms with Crippen LogP contribution in [-0.4, -0.2) is 11.1 Å². The molecule has 0 radical (unpaired) electrons. The van der Waals surface area contributed by atoms with Crippen molar-refractivity contribution >= 4 is 12.0 Å². The van der Waals surface area contributed by atoms with Crippen LogP contribution in [0.15, 0.2) is 60.7 Å². The highest BCUT2D eigenvalue weighted by Crippen LogP contribution is 2.07. The van der Waals surface area contributed by atoms with E-state index < -0.39 is 5.97 Å². The Kier molecular flexibility index (Phi) is 3.92. The molecule has 2 heteroatoms. The largest absolute Gasteiger partial charge is 0.478 e. The monoisotopic (exact) mass is 238 g/mol. The van der Waals surface area contributed by atoms with Crippen LogP contribution in [0.3, 0.4) is 0 Å². The fourth-order valence-corrected chi connectivity index (χ4v) is 1.68. The van der Waals surface area contributed by atoms with Gasteiger partial charge in [-0.25, -0.2) is 4.79 Å². The van der Waals surface area contributed by atoms with Crippen molar-refractivity contribution in [2.24, 2.45) is 0 Å². The minimum absolute atomic E-state index is 0.325. The number of carbonyl (C=O) groups is 1. The molecule has 0 amide bonds. The average molecular weight is 238 g/mol. The molecule has 0 aromatic heterocycles. The molecule has 0 atom stereocenters. The summed E-state index contributed by atoms with van der Waals surface area (Å²) < 4.78 is 0. The molecule has 0 unspecified atom stereocenters. The van der Waals surface area contributed by atoms with Crippen LogP contribution >= 0.6 is 0 Å². The van der Waals surface area contributed by atoms with E-state index in [4.69, 9.17) is 5.11 Å². The van der Waals surface area contributed by atoms with E-state index in [9.17, 15) is 4.79 Å². The molecular formula is C16H14O2. The van der Waals surface area contributed by atoms with Gasteiger partial charge in [0, 0.05) is 0 Å². The van der Waals surface area contributed by atoms with Crippen LogP contribution in [0.4, 0.5) is 0 Å². The molecular weight excluding hydrogens is 224 g/mol. The standard InChI is InChI=1S/C16H14O2/c17-16(18)15-11-9-14(10-12-15)8-4-7-13-5-2-1-3-6-13/h1-7,9-12H,8H2,(H,17,18)/b7-4+. The van der Waals surface area contributed by atoms with E-state index in [0.29, 0.717) is 5.56 Å². The minimum Gasteiger partial charge on any atom is -0.478 e. The van der Waals surface area contributed by atoms with E-state index in [1.54, 1.807) is 12.1 Å². The van der Waals surface area contributed by atoms with Crippen molar-refractivity contribution in [2.45, 2.75) is 6.42 Å². The van der Waals surface area contributed by atoms with Gasteiger partial charge in [0.2, 0.25) is 0 Å². The van der Waals surface area contributed by atoms with Crippen LogP contribution in [0.1, 0.15) is 21.5 Å². The molecule has 0 aliphatic rings. The Morgan fingerprint density at radius 2 is 1.67 bits per heavy atom. The molecule has 0 aliphatic carbocycles. The van der Waals surface area contributed by atoms with E-state index >= 15 is 0 Å². The van der Waals surface area contributed by atoms with Gasteiger partial charge < -0.3 is 5.11 Å². The topological polar surface area (TPSA) is 37.3 Å². The number of benzene rings is 2. The minimum atomic E-state index is -0.888. The molecule has 0 heterocycles. The molecule has 2 aromatic rings. The van der Waals surface area contributed by atoms with Crippen LogP contribution in [0.5, 0.6) is 0 Å². The third-order valence-corrected chi connectivity index (χ3v) is 2.66. The zero-order valence-electron chi connectivity index (χ0n) is 9.91. The second-order valence-electron chi connectivity index (χ2n) is 4.02. The number of hydrogen-bond donors (Lipinski definition) is 1. The van der Waals surface area contributed by atoms with Crippen LogP contribution in [-0.2, 0) is 6.42 Å². The van der Waals surface area contributed by atoms with Gasteiger partial charge in [-0.2, -0.15) is 0 Å². The Hall–Kier alpha value is -2.35. The van der Waals surface area contributed by atoms with Gasteiger partial charge in [0.1, 0.15) is 0 Å². The van der Waals surface area contributed by atoms with Gasteiger partial charge in [-0.1, -0.05) is 54.6 Å². The SMILES string of the molecule is O=C(O)c1ccc(C/C=C/c2ccccc2)cc1. The lowest BCUT2D eigenvalue weighted by atomic mass is 10.1. The first-order valence-electron chi connectivity index (χ1n) is 5.79. The molecule has 0 spiro atoms. The normalized spacial score (nSPS) is 10.7. The van der Waals surface area contributed by atoms with Gasteiger partial charge in [-0.15, -0.1) is 0 Å². The van der Waals surface area contributed by atoms with Crippen molar-refractivity contribution in [1.29, 1.82) is 0 Å². The molecule has 2 aromatic carbocycles. The van der Waals surface area contributed by atoms with Crippen LogP contribution in [0.2, 0.25) is 0 Å². The maximum Gasteiger partial charge on any atom is 0.335 e. The predicted molar refractivity (Wildman–Crippen MR) is 72.6 cm³/mol. The summed E-state index contributed by atoms with van der Waals surface area (Å²) >= 11 is 0. The lowest BCUT2D eigenvalue weighted by molar-refractivity contribution is 0.0697. The molecule has 0 bridgehead atoms. The molecule has 0 saturated carbocycles.